The third kappa shape index (κ3) is 4.59. The van der Waals surface area contributed by atoms with Crippen molar-refractivity contribution in [1.82, 2.24) is 0 Å². The van der Waals surface area contributed by atoms with Crippen LogP contribution in [0.3, 0.4) is 0 Å². The number of methoxy groups -OCH3 is 2. The van der Waals surface area contributed by atoms with Crippen molar-refractivity contribution in [1.29, 1.82) is 0 Å². The van der Waals surface area contributed by atoms with Crippen LogP contribution in [0.25, 0.3) is 0 Å². The first-order valence-corrected chi connectivity index (χ1v) is 11.1. The molecule has 0 spiro atoms. The third-order valence-electron chi connectivity index (χ3n) is 5.38. The first kappa shape index (κ1) is 20.5. The molecule has 1 heterocycles. The molecular formula is C21H27NO5S. The highest BCUT2D eigenvalue weighted by molar-refractivity contribution is 7.85. The van der Waals surface area contributed by atoms with E-state index >= 15 is 0 Å². The van der Waals surface area contributed by atoms with Crippen LogP contribution in [0.5, 0.6) is 11.5 Å². The maximum Gasteiger partial charge on any atom is 0.264 e. The van der Waals surface area contributed by atoms with E-state index in [1.165, 1.54) is 0 Å². The number of benzene rings is 2. The van der Waals surface area contributed by atoms with Crippen LogP contribution in [0.2, 0.25) is 0 Å². The number of para-hydroxylation sites is 2. The quantitative estimate of drug-likeness (QED) is 0.659. The SMILES string of the molecule is COc1cccc(C2(COS(C)(=O)=O)CCN(c3ccccc3OC)CC2)c1. The van der Waals surface area contributed by atoms with Crippen LogP contribution >= 0.6 is 0 Å². The third-order valence-corrected chi connectivity index (χ3v) is 5.92. The molecule has 2 aromatic rings. The number of ether oxygens (including phenoxy) is 2. The Hall–Kier alpha value is -2.25. The fourth-order valence-electron chi connectivity index (χ4n) is 3.76. The Bertz CT molecular complexity index is 905. The van der Waals surface area contributed by atoms with Gasteiger partial charge in [-0.05, 0) is 42.7 Å². The van der Waals surface area contributed by atoms with Gasteiger partial charge >= 0.3 is 0 Å². The fourth-order valence-corrected chi connectivity index (χ4v) is 4.20. The molecule has 7 heteroatoms. The molecule has 1 aliphatic heterocycles. The van der Waals surface area contributed by atoms with Gasteiger partial charge < -0.3 is 14.4 Å². The second kappa shape index (κ2) is 8.41. The normalized spacial score (nSPS) is 16.6. The maximum absolute atomic E-state index is 11.7. The number of rotatable bonds is 7. The summed E-state index contributed by atoms with van der Waals surface area (Å²) < 4.78 is 39.5. The molecule has 0 atom stereocenters. The van der Waals surface area contributed by atoms with Gasteiger partial charge in [-0.3, -0.25) is 4.18 Å². The molecule has 0 bridgehead atoms. The van der Waals surface area contributed by atoms with Gasteiger partial charge in [-0.1, -0.05) is 24.3 Å². The highest BCUT2D eigenvalue weighted by atomic mass is 32.2. The summed E-state index contributed by atoms with van der Waals surface area (Å²) in [5.41, 5.74) is 1.69. The second-order valence-corrected chi connectivity index (χ2v) is 8.78. The number of nitrogens with zero attached hydrogens (tertiary/aromatic N) is 1. The number of piperidine rings is 1. The molecule has 0 aliphatic carbocycles. The lowest BCUT2D eigenvalue weighted by Gasteiger charge is -2.43. The monoisotopic (exact) mass is 405 g/mol. The molecule has 152 valence electrons. The van der Waals surface area contributed by atoms with Crippen LogP contribution in [-0.2, 0) is 19.7 Å². The van der Waals surface area contributed by atoms with E-state index in [0.717, 1.165) is 54.9 Å². The molecule has 1 fully saturated rings. The van der Waals surface area contributed by atoms with Gasteiger partial charge in [0.2, 0.25) is 0 Å². The predicted octanol–water partition coefficient (Wildman–Crippen LogP) is 3.22. The molecular weight excluding hydrogens is 378 g/mol. The molecule has 0 aromatic heterocycles. The molecule has 0 unspecified atom stereocenters. The van der Waals surface area contributed by atoms with Crippen molar-refractivity contribution in [2.45, 2.75) is 18.3 Å². The Morgan fingerprint density at radius 3 is 2.36 bits per heavy atom. The van der Waals surface area contributed by atoms with Crippen LogP contribution in [0.15, 0.2) is 48.5 Å². The van der Waals surface area contributed by atoms with Gasteiger partial charge in [0.1, 0.15) is 11.5 Å². The zero-order chi connectivity index (χ0) is 20.2. The molecule has 0 amide bonds. The van der Waals surface area contributed by atoms with E-state index in [1.54, 1.807) is 14.2 Å². The Morgan fingerprint density at radius 1 is 1.00 bits per heavy atom. The van der Waals surface area contributed by atoms with Crippen LogP contribution in [0.4, 0.5) is 5.69 Å². The molecule has 0 N–H and O–H groups in total. The summed E-state index contributed by atoms with van der Waals surface area (Å²) in [5, 5.41) is 0. The van der Waals surface area contributed by atoms with E-state index in [0.29, 0.717) is 0 Å². The lowest BCUT2D eigenvalue weighted by Crippen LogP contribution is -2.45. The Balaban J connectivity index is 1.87. The maximum atomic E-state index is 11.7. The van der Waals surface area contributed by atoms with Crippen molar-refractivity contribution in [2.24, 2.45) is 0 Å². The summed E-state index contributed by atoms with van der Waals surface area (Å²) in [6, 6.07) is 15.8. The first-order chi connectivity index (χ1) is 13.4. The van der Waals surface area contributed by atoms with E-state index in [-0.39, 0.29) is 6.61 Å². The smallest absolute Gasteiger partial charge is 0.264 e. The van der Waals surface area contributed by atoms with Gasteiger partial charge in [-0.15, -0.1) is 0 Å². The van der Waals surface area contributed by atoms with E-state index in [2.05, 4.69) is 4.90 Å². The number of anilines is 1. The summed E-state index contributed by atoms with van der Waals surface area (Å²) in [4.78, 5) is 2.28. The molecule has 28 heavy (non-hydrogen) atoms. The first-order valence-electron chi connectivity index (χ1n) is 9.24. The number of hydrogen-bond donors (Lipinski definition) is 0. The molecule has 1 aliphatic rings. The van der Waals surface area contributed by atoms with Crippen molar-refractivity contribution >= 4 is 15.8 Å². The van der Waals surface area contributed by atoms with Gasteiger partial charge in [0.15, 0.2) is 0 Å². The van der Waals surface area contributed by atoms with Gasteiger partial charge in [0.05, 0.1) is 32.8 Å². The molecule has 1 saturated heterocycles. The van der Waals surface area contributed by atoms with Crippen LogP contribution in [-0.4, -0.2) is 48.6 Å². The largest absolute Gasteiger partial charge is 0.497 e. The predicted molar refractivity (Wildman–Crippen MR) is 110 cm³/mol. The molecule has 6 nitrogen and oxygen atoms in total. The van der Waals surface area contributed by atoms with Crippen molar-refractivity contribution in [3.05, 3.63) is 54.1 Å². The lowest BCUT2D eigenvalue weighted by molar-refractivity contribution is 0.189. The summed E-state index contributed by atoms with van der Waals surface area (Å²) in [6.45, 7) is 1.66. The molecule has 0 radical (unpaired) electrons. The van der Waals surface area contributed by atoms with E-state index < -0.39 is 15.5 Å². The Kier molecular flexibility index (Phi) is 6.15. The highest BCUT2D eigenvalue weighted by Gasteiger charge is 2.38. The highest BCUT2D eigenvalue weighted by Crippen LogP contribution is 2.40. The number of hydrogen-bond acceptors (Lipinski definition) is 6. The van der Waals surface area contributed by atoms with Gasteiger partial charge in [0.25, 0.3) is 10.1 Å². The zero-order valence-electron chi connectivity index (χ0n) is 16.6. The van der Waals surface area contributed by atoms with E-state index in [9.17, 15) is 8.42 Å². The second-order valence-electron chi connectivity index (χ2n) is 7.14. The van der Waals surface area contributed by atoms with Crippen molar-refractivity contribution < 1.29 is 22.1 Å². The Labute approximate surface area is 167 Å². The molecule has 3 rings (SSSR count). The topological polar surface area (TPSA) is 65.1 Å². The van der Waals surface area contributed by atoms with E-state index in [4.69, 9.17) is 13.7 Å². The summed E-state index contributed by atoms with van der Waals surface area (Å²) in [6.07, 6.45) is 2.61. The van der Waals surface area contributed by atoms with Crippen molar-refractivity contribution in [2.75, 3.05) is 45.1 Å². The zero-order valence-corrected chi connectivity index (χ0v) is 17.4. The minimum absolute atomic E-state index is 0.124. The average Bonchev–Trinajstić information content (AvgIpc) is 2.72. The lowest BCUT2D eigenvalue weighted by atomic mass is 9.73. The van der Waals surface area contributed by atoms with Crippen LogP contribution in [0.1, 0.15) is 18.4 Å². The minimum Gasteiger partial charge on any atom is -0.497 e. The standard InChI is InChI=1S/C21H27NO5S/c1-25-18-8-6-7-17(15-18)21(16-27-28(3,23)24)11-13-22(14-12-21)19-9-4-5-10-20(19)26-2/h4-10,15H,11-14,16H2,1-3H3. The minimum atomic E-state index is -3.53. The van der Waals surface area contributed by atoms with Crippen molar-refractivity contribution in [3.8, 4) is 11.5 Å². The van der Waals surface area contributed by atoms with E-state index in [1.807, 2.05) is 48.5 Å². The molecule has 0 saturated carbocycles. The molecule has 2 aromatic carbocycles. The van der Waals surface area contributed by atoms with Gasteiger partial charge in [-0.25, -0.2) is 0 Å². The summed E-state index contributed by atoms with van der Waals surface area (Å²) in [7, 11) is -0.229. The summed E-state index contributed by atoms with van der Waals surface area (Å²) in [5.74, 6) is 1.59. The fraction of sp³-hybridized carbons (Fsp3) is 0.429. The van der Waals surface area contributed by atoms with Crippen molar-refractivity contribution in [3.63, 3.8) is 0 Å². The van der Waals surface area contributed by atoms with Gasteiger partial charge in [0, 0.05) is 18.5 Å². The van der Waals surface area contributed by atoms with Crippen LogP contribution < -0.4 is 14.4 Å². The van der Waals surface area contributed by atoms with Crippen LogP contribution in [0, 0.1) is 0 Å². The van der Waals surface area contributed by atoms with Gasteiger partial charge in [-0.2, -0.15) is 8.42 Å². The summed E-state index contributed by atoms with van der Waals surface area (Å²) >= 11 is 0. The Morgan fingerprint density at radius 2 is 1.71 bits per heavy atom. The average molecular weight is 406 g/mol.